The highest BCUT2D eigenvalue weighted by Gasteiger charge is 2.61. The number of hydrogen-bond acceptors (Lipinski definition) is 3. The Labute approximate surface area is 108 Å². The van der Waals surface area contributed by atoms with Crippen molar-refractivity contribution < 1.29 is 9.53 Å². The fourth-order valence-electron chi connectivity index (χ4n) is 3.30. The molecule has 3 fully saturated rings. The molecule has 2 heterocycles. The number of carbonyl (C=O) groups excluding carboxylic acids is 1. The first-order chi connectivity index (χ1) is 8.16. The highest BCUT2D eigenvalue weighted by atomic mass is 16.6. The lowest BCUT2D eigenvalue weighted by Crippen LogP contribution is -2.76. The summed E-state index contributed by atoms with van der Waals surface area (Å²) >= 11 is 0. The highest BCUT2D eigenvalue weighted by Crippen LogP contribution is 2.50. The summed E-state index contributed by atoms with van der Waals surface area (Å²) in [7, 11) is 0. The third kappa shape index (κ3) is 1.95. The summed E-state index contributed by atoms with van der Waals surface area (Å²) in [6.07, 6.45) is 2.24. The molecule has 0 spiro atoms. The largest absolute Gasteiger partial charge is 0.444 e. The van der Waals surface area contributed by atoms with E-state index < -0.39 is 11.1 Å². The molecule has 0 aromatic carbocycles. The van der Waals surface area contributed by atoms with E-state index in [2.05, 4.69) is 6.92 Å². The molecule has 2 saturated heterocycles. The second-order valence-corrected chi connectivity index (χ2v) is 6.70. The van der Waals surface area contributed by atoms with Crippen LogP contribution in [-0.4, -0.2) is 34.0 Å². The third-order valence-corrected chi connectivity index (χ3v) is 3.85. The maximum absolute atomic E-state index is 12.2. The van der Waals surface area contributed by atoms with Gasteiger partial charge < -0.3 is 10.5 Å². The number of nitrogens with two attached hydrogens (primary N) is 1. The molecule has 0 aromatic rings. The molecular formula is C13H23N3O2. The van der Waals surface area contributed by atoms with Gasteiger partial charge in [-0.3, -0.25) is 10.3 Å². The number of carbonyl (C=O) groups is 1. The minimum Gasteiger partial charge on any atom is -0.444 e. The summed E-state index contributed by atoms with van der Waals surface area (Å²) in [4.78, 5) is 13.9. The minimum absolute atomic E-state index is 0.0937. The molecule has 3 unspecified atom stereocenters. The zero-order chi connectivity index (χ0) is 13.7. The molecule has 1 aliphatic carbocycles. The lowest BCUT2D eigenvalue weighted by atomic mass is 9.64. The van der Waals surface area contributed by atoms with Gasteiger partial charge in [0.05, 0.1) is 0 Å². The van der Waals surface area contributed by atoms with E-state index in [1.165, 1.54) is 0 Å². The normalized spacial score (nSPS) is 34.8. The maximum Gasteiger partial charge on any atom is 0.411 e. The van der Waals surface area contributed by atoms with E-state index in [1.807, 2.05) is 20.8 Å². The Kier molecular flexibility index (Phi) is 2.83. The number of ether oxygens (including phenoxy) is 1. The molecule has 5 nitrogen and oxygen atoms in total. The highest BCUT2D eigenvalue weighted by molar-refractivity contribution is 5.93. The summed E-state index contributed by atoms with van der Waals surface area (Å²) in [5, 5.41) is 7.80. The Balaban J connectivity index is 2.18. The molecule has 102 valence electrons. The van der Waals surface area contributed by atoms with Crippen molar-refractivity contribution >= 4 is 11.9 Å². The number of amides is 1. The van der Waals surface area contributed by atoms with Crippen molar-refractivity contribution in [2.75, 3.05) is 0 Å². The van der Waals surface area contributed by atoms with E-state index in [1.54, 1.807) is 4.90 Å². The van der Waals surface area contributed by atoms with Crippen LogP contribution >= 0.6 is 0 Å². The molecule has 2 bridgehead atoms. The fraction of sp³-hybridized carbons (Fsp3) is 0.846. The molecule has 2 aliphatic heterocycles. The van der Waals surface area contributed by atoms with Gasteiger partial charge in [-0.05, 0) is 46.0 Å². The van der Waals surface area contributed by atoms with Crippen LogP contribution in [0.25, 0.3) is 0 Å². The predicted octanol–water partition coefficient (Wildman–Crippen LogP) is 2.10. The van der Waals surface area contributed by atoms with Gasteiger partial charge in [-0.25, -0.2) is 4.79 Å². The molecule has 3 atom stereocenters. The van der Waals surface area contributed by atoms with Crippen molar-refractivity contribution in [1.29, 1.82) is 5.41 Å². The first-order valence-electron chi connectivity index (χ1n) is 6.52. The number of piperidine rings is 1. The Morgan fingerprint density at radius 1 is 1.44 bits per heavy atom. The van der Waals surface area contributed by atoms with Crippen LogP contribution in [0, 0.1) is 11.3 Å². The van der Waals surface area contributed by atoms with E-state index in [4.69, 9.17) is 15.9 Å². The molecule has 0 radical (unpaired) electrons. The molecule has 5 heteroatoms. The van der Waals surface area contributed by atoms with Gasteiger partial charge in [-0.1, -0.05) is 6.92 Å². The molecule has 0 aromatic heterocycles. The number of amidine groups is 1. The SMILES string of the molecule is CC1CC2CC(C(=N)N)(C1)N2C(=O)OC(C)(C)C. The zero-order valence-electron chi connectivity index (χ0n) is 11.6. The van der Waals surface area contributed by atoms with Crippen molar-refractivity contribution in [3.05, 3.63) is 0 Å². The monoisotopic (exact) mass is 253 g/mol. The summed E-state index contributed by atoms with van der Waals surface area (Å²) < 4.78 is 5.42. The molecular weight excluding hydrogens is 230 g/mol. The number of nitrogens with one attached hydrogen (secondary N) is 1. The second kappa shape index (κ2) is 3.87. The predicted molar refractivity (Wildman–Crippen MR) is 69.5 cm³/mol. The maximum atomic E-state index is 12.2. The van der Waals surface area contributed by atoms with Gasteiger partial charge in [0, 0.05) is 6.04 Å². The van der Waals surface area contributed by atoms with E-state index in [9.17, 15) is 4.79 Å². The van der Waals surface area contributed by atoms with Gasteiger partial charge in [0.25, 0.3) is 0 Å². The molecule has 1 saturated carbocycles. The third-order valence-electron chi connectivity index (χ3n) is 3.85. The Morgan fingerprint density at radius 3 is 2.56 bits per heavy atom. The number of hydrogen-bond donors (Lipinski definition) is 2. The smallest absolute Gasteiger partial charge is 0.411 e. The molecule has 3 rings (SSSR count). The van der Waals surface area contributed by atoms with Gasteiger partial charge in [0.15, 0.2) is 0 Å². The van der Waals surface area contributed by atoms with Crippen molar-refractivity contribution in [2.24, 2.45) is 11.7 Å². The zero-order valence-corrected chi connectivity index (χ0v) is 11.6. The minimum atomic E-state index is -0.579. The lowest BCUT2D eigenvalue weighted by Gasteiger charge is -2.62. The van der Waals surface area contributed by atoms with E-state index >= 15 is 0 Å². The van der Waals surface area contributed by atoms with Gasteiger partial charge in [0.1, 0.15) is 17.0 Å². The van der Waals surface area contributed by atoms with E-state index in [-0.39, 0.29) is 18.0 Å². The van der Waals surface area contributed by atoms with Crippen molar-refractivity contribution in [3.63, 3.8) is 0 Å². The van der Waals surface area contributed by atoms with Crippen molar-refractivity contribution in [2.45, 2.75) is 64.1 Å². The average Bonchev–Trinajstić information content (AvgIpc) is 2.12. The Hall–Kier alpha value is -1.26. The first kappa shape index (κ1) is 13.2. The van der Waals surface area contributed by atoms with Crippen molar-refractivity contribution in [1.82, 2.24) is 4.90 Å². The van der Waals surface area contributed by atoms with Gasteiger partial charge in [0.2, 0.25) is 0 Å². The number of nitrogens with zero attached hydrogens (tertiary/aromatic N) is 1. The summed E-state index contributed by atoms with van der Waals surface area (Å²) in [5.74, 6) is 0.600. The van der Waals surface area contributed by atoms with Crippen molar-refractivity contribution in [3.8, 4) is 0 Å². The molecule has 18 heavy (non-hydrogen) atoms. The Morgan fingerprint density at radius 2 is 2.06 bits per heavy atom. The Bertz CT molecular complexity index is 388. The van der Waals surface area contributed by atoms with Crippen LogP contribution in [0.3, 0.4) is 0 Å². The van der Waals surface area contributed by atoms with Crippen LogP contribution in [0.1, 0.15) is 47.0 Å². The molecule has 1 amide bonds. The quantitative estimate of drug-likeness (QED) is 0.555. The van der Waals surface area contributed by atoms with E-state index in [0.717, 1.165) is 19.3 Å². The topological polar surface area (TPSA) is 79.4 Å². The van der Waals surface area contributed by atoms with Crippen LogP contribution in [0.15, 0.2) is 0 Å². The van der Waals surface area contributed by atoms with Crippen LogP contribution in [-0.2, 0) is 4.74 Å². The van der Waals surface area contributed by atoms with E-state index in [0.29, 0.717) is 5.92 Å². The molecule has 3 N–H and O–H groups in total. The van der Waals surface area contributed by atoms with Gasteiger partial charge in [-0.15, -0.1) is 0 Å². The standard InChI is InChI=1S/C13H23N3O2/c1-8-5-9-7-13(6-8,10(14)15)16(9)11(17)18-12(2,3)4/h8-9H,5-7H2,1-4H3,(H3,14,15). The van der Waals surface area contributed by atoms with Crippen LogP contribution in [0.2, 0.25) is 0 Å². The number of fused-ring (bicyclic) bond motifs is 2. The van der Waals surface area contributed by atoms with Crippen LogP contribution in [0.4, 0.5) is 4.79 Å². The molecule has 3 aliphatic rings. The fourth-order valence-corrected chi connectivity index (χ4v) is 3.30. The summed E-state index contributed by atoms with van der Waals surface area (Å²) in [6.45, 7) is 7.70. The summed E-state index contributed by atoms with van der Waals surface area (Å²) in [6, 6.07) is 0.187. The average molecular weight is 253 g/mol. The lowest BCUT2D eigenvalue weighted by molar-refractivity contribution is -0.0903. The second-order valence-electron chi connectivity index (χ2n) is 6.70. The number of rotatable bonds is 1. The van der Waals surface area contributed by atoms with Crippen LogP contribution < -0.4 is 5.73 Å². The van der Waals surface area contributed by atoms with Crippen LogP contribution in [0.5, 0.6) is 0 Å². The van der Waals surface area contributed by atoms with Gasteiger partial charge in [-0.2, -0.15) is 0 Å². The van der Waals surface area contributed by atoms with Gasteiger partial charge >= 0.3 is 6.09 Å². The first-order valence-corrected chi connectivity index (χ1v) is 6.52. The summed E-state index contributed by atoms with van der Waals surface area (Å²) in [5.41, 5.74) is 4.64.